The highest BCUT2D eigenvalue weighted by Crippen LogP contribution is 2.23. The first-order chi connectivity index (χ1) is 5.13. The first-order valence-corrected chi connectivity index (χ1v) is 3.67. The van der Waals surface area contributed by atoms with Crippen LogP contribution < -0.4 is 5.73 Å². The van der Waals surface area contributed by atoms with Crippen LogP contribution in [0.15, 0.2) is 18.2 Å². The van der Waals surface area contributed by atoms with Crippen LogP contribution in [-0.4, -0.2) is 5.11 Å². The summed E-state index contributed by atoms with van der Waals surface area (Å²) in [4.78, 5) is 0. The minimum atomic E-state index is -0.0119. The third-order valence-corrected chi connectivity index (χ3v) is 1.84. The SMILES string of the molecule is Cc1c(O)cccc1[C@H](C)N. The zero-order valence-corrected chi connectivity index (χ0v) is 6.83. The summed E-state index contributed by atoms with van der Waals surface area (Å²) in [5.74, 6) is 0.319. The fourth-order valence-electron chi connectivity index (χ4n) is 1.13. The van der Waals surface area contributed by atoms with Gasteiger partial charge in [0.15, 0.2) is 0 Å². The number of benzene rings is 1. The quantitative estimate of drug-likeness (QED) is 0.642. The van der Waals surface area contributed by atoms with E-state index in [1.165, 1.54) is 0 Å². The maximum Gasteiger partial charge on any atom is 0.118 e. The molecule has 0 aromatic heterocycles. The van der Waals surface area contributed by atoms with Crippen LogP contribution in [0.3, 0.4) is 0 Å². The van der Waals surface area contributed by atoms with Gasteiger partial charge in [-0.25, -0.2) is 0 Å². The van der Waals surface area contributed by atoms with Gasteiger partial charge in [-0.3, -0.25) is 0 Å². The molecule has 2 nitrogen and oxygen atoms in total. The molecular weight excluding hydrogens is 138 g/mol. The summed E-state index contributed by atoms with van der Waals surface area (Å²) >= 11 is 0. The molecule has 3 N–H and O–H groups in total. The molecule has 0 unspecified atom stereocenters. The largest absolute Gasteiger partial charge is 0.508 e. The smallest absolute Gasteiger partial charge is 0.118 e. The summed E-state index contributed by atoms with van der Waals surface area (Å²) in [6, 6.07) is 5.39. The Morgan fingerprint density at radius 3 is 2.55 bits per heavy atom. The molecule has 1 atom stereocenters. The van der Waals surface area contributed by atoms with Gasteiger partial charge in [0.05, 0.1) is 0 Å². The first-order valence-electron chi connectivity index (χ1n) is 3.67. The van der Waals surface area contributed by atoms with Crippen molar-refractivity contribution in [2.75, 3.05) is 0 Å². The normalized spacial score (nSPS) is 13.0. The van der Waals surface area contributed by atoms with E-state index in [9.17, 15) is 5.11 Å². The van der Waals surface area contributed by atoms with Crippen molar-refractivity contribution in [3.8, 4) is 5.75 Å². The Hall–Kier alpha value is -1.02. The van der Waals surface area contributed by atoms with Crippen LogP contribution >= 0.6 is 0 Å². The Morgan fingerprint density at radius 2 is 2.09 bits per heavy atom. The van der Waals surface area contributed by atoms with Gasteiger partial charge in [0, 0.05) is 6.04 Å². The van der Waals surface area contributed by atoms with E-state index in [4.69, 9.17) is 5.73 Å². The van der Waals surface area contributed by atoms with Crippen molar-refractivity contribution in [2.24, 2.45) is 5.73 Å². The number of phenols is 1. The Labute approximate surface area is 66.7 Å². The molecule has 0 aliphatic carbocycles. The van der Waals surface area contributed by atoms with Crippen molar-refractivity contribution in [3.05, 3.63) is 29.3 Å². The average molecular weight is 151 g/mol. The molecule has 60 valence electrons. The van der Waals surface area contributed by atoms with Gasteiger partial charge in [-0.05, 0) is 31.0 Å². The lowest BCUT2D eigenvalue weighted by Crippen LogP contribution is -2.06. The molecule has 0 spiro atoms. The molecule has 2 heteroatoms. The highest BCUT2D eigenvalue weighted by molar-refractivity contribution is 5.39. The summed E-state index contributed by atoms with van der Waals surface area (Å²) < 4.78 is 0. The second-order valence-corrected chi connectivity index (χ2v) is 2.78. The zero-order valence-electron chi connectivity index (χ0n) is 6.83. The molecule has 0 heterocycles. The van der Waals surface area contributed by atoms with Crippen LogP contribution in [0, 0.1) is 6.92 Å². The van der Waals surface area contributed by atoms with E-state index in [1.54, 1.807) is 12.1 Å². The molecule has 0 aliphatic rings. The first kappa shape index (κ1) is 8.08. The Balaban J connectivity index is 3.17. The van der Waals surface area contributed by atoms with Gasteiger partial charge in [0.1, 0.15) is 5.75 Å². The minimum Gasteiger partial charge on any atom is -0.508 e. The molecule has 0 amide bonds. The molecule has 1 aromatic rings. The Bertz CT molecular complexity index is 256. The van der Waals surface area contributed by atoms with E-state index in [-0.39, 0.29) is 6.04 Å². The lowest BCUT2D eigenvalue weighted by molar-refractivity contribution is 0.469. The van der Waals surface area contributed by atoms with Gasteiger partial charge in [0.25, 0.3) is 0 Å². The third-order valence-electron chi connectivity index (χ3n) is 1.84. The van der Waals surface area contributed by atoms with Crippen LogP contribution in [0.5, 0.6) is 5.75 Å². The highest BCUT2D eigenvalue weighted by Gasteiger charge is 2.05. The monoisotopic (exact) mass is 151 g/mol. The molecule has 1 rings (SSSR count). The van der Waals surface area contributed by atoms with Crippen molar-refractivity contribution >= 4 is 0 Å². The van der Waals surface area contributed by atoms with Crippen LogP contribution in [0.2, 0.25) is 0 Å². The summed E-state index contributed by atoms with van der Waals surface area (Å²) in [7, 11) is 0. The zero-order chi connectivity index (χ0) is 8.43. The fraction of sp³-hybridized carbons (Fsp3) is 0.333. The summed E-state index contributed by atoms with van der Waals surface area (Å²) in [5.41, 5.74) is 7.55. The lowest BCUT2D eigenvalue weighted by atomic mass is 10.0. The number of nitrogens with two attached hydrogens (primary N) is 1. The van der Waals surface area contributed by atoms with Gasteiger partial charge in [-0.2, -0.15) is 0 Å². The molecule has 1 aromatic carbocycles. The standard InChI is InChI=1S/C9H13NO/c1-6-8(7(2)10)4-3-5-9(6)11/h3-5,7,11H,10H2,1-2H3/t7-/m0/s1. The predicted molar refractivity (Wildman–Crippen MR) is 45.4 cm³/mol. The molecule has 0 aliphatic heterocycles. The summed E-state index contributed by atoms with van der Waals surface area (Å²) in [6.45, 7) is 3.77. The van der Waals surface area contributed by atoms with Gasteiger partial charge in [-0.15, -0.1) is 0 Å². The van der Waals surface area contributed by atoms with Crippen molar-refractivity contribution < 1.29 is 5.11 Å². The highest BCUT2D eigenvalue weighted by atomic mass is 16.3. The molecular formula is C9H13NO. The number of rotatable bonds is 1. The van der Waals surface area contributed by atoms with Crippen molar-refractivity contribution in [1.82, 2.24) is 0 Å². The van der Waals surface area contributed by atoms with Crippen LogP contribution in [-0.2, 0) is 0 Å². The molecule has 0 saturated heterocycles. The van der Waals surface area contributed by atoms with E-state index in [2.05, 4.69) is 0 Å². The van der Waals surface area contributed by atoms with E-state index < -0.39 is 0 Å². The van der Waals surface area contributed by atoms with E-state index in [0.29, 0.717) is 5.75 Å². The van der Waals surface area contributed by atoms with Crippen LogP contribution in [0.25, 0.3) is 0 Å². The Morgan fingerprint density at radius 1 is 1.45 bits per heavy atom. The number of hydrogen-bond donors (Lipinski definition) is 2. The molecule has 11 heavy (non-hydrogen) atoms. The van der Waals surface area contributed by atoms with Gasteiger partial charge >= 0.3 is 0 Å². The van der Waals surface area contributed by atoms with Gasteiger partial charge < -0.3 is 10.8 Å². The molecule has 0 saturated carbocycles. The summed E-state index contributed by atoms with van der Waals surface area (Å²) in [5, 5.41) is 9.29. The second kappa shape index (κ2) is 2.93. The lowest BCUT2D eigenvalue weighted by Gasteiger charge is -2.09. The van der Waals surface area contributed by atoms with Gasteiger partial charge in [0.2, 0.25) is 0 Å². The van der Waals surface area contributed by atoms with Gasteiger partial charge in [-0.1, -0.05) is 12.1 Å². The topological polar surface area (TPSA) is 46.2 Å². The van der Waals surface area contributed by atoms with Crippen LogP contribution in [0.1, 0.15) is 24.1 Å². The molecule has 0 bridgehead atoms. The maximum atomic E-state index is 9.29. The maximum absolute atomic E-state index is 9.29. The van der Waals surface area contributed by atoms with E-state index in [1.807, 2.05) is 19.9 Å². The van der Waals surface area contributed by atoms with E-state index in [0.717, 1.165) is 11.1 Å². The van der Waals surface area contributed by atoms with Crippen molar-refractivity contribution in [2.45, 2.75) is 19.9 Å². The number of aromatic hydroxyl groups is 1. The van der Waals surface area contributed by atoms with Crippen LogP contribution in [0.4, 0.5) is 0 Å². The predicted octanol–water partition coefficient (Wildman–Crippen LogP) is 1.72. The molecule has 0 radical (unpaired) electrons. The number of hydrogen-bond acceptors (Lipinski definition) is 2. The van der Waals surface area contributed by atoms with Crippen molar-refractivity contribution in [3.63, 3.8) is 0 Å². The number of phenolic OH excluding ortho intramolecular Hbond substituents is 1. The minimum absolute atomic E-state index is 0.0119. The average Bonchev–Trinajstić information content (AvgIpc) is 1.94. The fourth-order valence-corrected chi connectivity index (χ4v) is 1.13. The second-order valence-electron chi connectivity index (χ2n) is 2.78. The summed E-state index contributed by atoms with van der Waals surface area (Å²) in [6.07, 6.45) is 0. The third kappa shape index (κ3) is 1.52. The van der Waals surface area contributed by atoms with E-state index >= 15 is 0 Å². The molecule has 0 fully saturated rings. The van der Waals surface area contributed by atoms with Crippen molar-refractivity contribution in [1.29, 1.82) is 0 Å². The Kier molecular flexibility index (Phi) is 2.15.